The lowest BCUT2D eigenvalue weighted by Gasteiger charge is -2.11. The largest absolute Gasteiger partial charge is 0.444 e. The fourth-order valence-corrected chi connectivity index (χ4v) is 1.75. The van der Waals surface area contributed by atoms with E-state index in [4.69, 9.17) is 15.9 Å². The molecule has 2 aromatic rings. The third kappa shape index (κ3) is 2.67. The Hall–Kier alpha value is -2.50. The van der Waals surface area contributed by atoms with Crippen LogP contribution in [0.4, 0.5) is 11.4 Å². The SMILES string of the molecule is Cc1nc(CNc2c(N)cccc2C(N)=O)oc1C. The molecule has 0 fully saturated rings. The van der Waals surface area contributed by atoms with Crippen molar-refractivity contribution >= 4 is 17.3 Å². The van der Waals surface area contributed by atoms with Gasteiger partial charge < -0.3 is 21.2 Å². The highest BCUT2D eigenvalue weighted by Crippen LogP contribution is 2.24. The number of nitrogens with zero attached hydrogens (tertiary/aromatic N) is 1. The number of nitrogens with one attached hydrogen (secondary N) is 1. The van der Waals surface area contributed by atoms with Crippen LogP contribution in [-0.2, 0) is 6.54 Å². The number of primary amides is 1. The number of hydrogen-bond acceptors (Lipinski definition) is 5. The zero-order valence-electron chi connectivity index (χ0n) is 10.9. The van der Waals surface area contributed by atoms with Crippen LogP contribution in [0.15, 0.2) is 22.6 Å². The number of carbonyl (C=O) groups is 1. The molecule has 0 aliphatic carbocycles. The summed E-state index contributed by atoms with van der Waals surface area (Å²) < 4.78 is 5.45. The van der Waals surface area contributed by atoms with Crippen molar-refractivity contribution in [1.82, 2.24) is 4.98 Å². The quantitative estimate of drug-likeness (QED) is 0.723. The molecule has 1 amide bonds. The summed E-state index contributed by atoms with van der Waals surface area (Å²) >= 11 is 0. The van der Waals surface area contributed by atoms with Gasteiger partial charge >= 0.3 is 0 Å². The third-order valence-electron chi connectivity index (χ3n) is 2.85. The first kappa shape index (κ1) is 12.9. The molecule has 0 bridgehead atoms. The Bertz CT molecular complexity index is 600. The Labute approximate surface area is 110 Å². The molecule has 0 atom stereocenters. The number of amides is 1. The topological polar surface area (TPSA) is 107 Å². The molecule has 1 heterocycles. The number of hydrogen-bond donors (Lipinski definition) is 3. The van der Waals surface area contributed by atoms with Gasteiger partial charge in [0.05, 0.1) is 29.2 Å². The Morgan fingerprint density at radius 3 is 2.74 bits per heavy atom. The van der Waals surface area contributed by atoms with Gasteiger partial charge in [-0.25, -0.2) is 4.98 Å². The maximum absolute atomic E-state index is 11.3. The molecule has 2 rings (SSSR count). The Kier molecular flexibility index (Phi) is 3.41. The Balaban J connectivity index is 2.21. The van der Waals surface area contributed by atoms with Crippen LogP contribution >= 0.6 is 0 Å². The number of nitrogen functional groups attached to an aromatic ring is 1. The van der Waals surface area contributed by atoms with E-state index in [1.807, 2.05) is 13.8 Å². The standard InChI is InChI=1S/C13H16N4O2/c1-7-8(2)19-11(17-7)6-16-12-9(13(15)18)4-3-5-10(12)14/h3-5,16H,6,14H2,1-2H3,(H2,15,18). The summed E-state index contributed by atoms with van der Waals surface area (Å²) in [6, 6.07) is 4.99. The van der Waals surface area contributed by atoms with Crippen molar-refractivity contribution in [2.45, 2.75) is 20.4 Å². The lowest BCUT2D eigenvalue weighted by atomic mass is 10.1. The smallest absolute Gasteiger partial charge is 0.250 e. The highest BCUT2D eigenvalue weighted by atomic mass is 16.4. The van der Waals surface area contributed by atoms with Gasteiger partial charge in [0.25, 0.3) is 5.91 Å². The summed E-state index contributed by atoms with van der Waals surface area (Å²) in [4.78, 5) is 15.6. The van der Waals surface area contributed by atoms with Crippen molar-refractivity contribution in [1.29, 1.82) is 0 Å². The van der Waals surface area contributed by atoms with E-state index in [1.54, 1.807) is 18.2 Å². The number of aromatic nitrogens is 1. The molecule has 6 nitrogen and oxygen atoms in total. The summed E-state index contributed by atoms with van der Waals surface area (Å²) in [5.41, 5.74) is 13.3. The maximum atomic E-state index is 11.3. The fraction of sp³-hybridized carbons (Fsp3) is 0.231. The van der Waals surface area contributed by atoms with E-state index < -0.39 is 5.91 Å². The van der Waals surface area contributed by atoms with Crippen LogP contribution in [0, 0.1) is 13.8 Å². The van der Waals surface area contributed by atoms with E-state index in [1.165, 1.54) is 0 Å². The summed E-state index contributed by atoms with van der Waals surface area (Å²) in [6.07, 6.45) is 0. The van der Waals surface area contributed by atoms with E-state index in [-0.39, 0.29) is 0 Å². The van der Waals surface area contributed by atoms with E-state index in [2.05, 4.69) is 10.3 Å². The highest BCUT2D eigenvalue weighted by Gasteiger charge is 2.12. The lowest BCUT2D eigenvalue weighted by Crippen LogP contribution is -2.15. The number of benzene rings is 1. The molecule has 0 saturated carbocycles. The van der Waals surface area contributed by atoms with Crippen LogP contribution in [0.2, 0.25) is 0 Å². The normalized spacial score (nSPS) is 10.4. The van der Waals surface area contributed by atoms with Gasteiger partial charge in [-0.3, -0.25) is 4.79 Å². The number of nitrogens with two attached hydrogens (primary N) is 2. The third-order valence-corrected chi connectivity index (χ3v) is 2.85. The Morgan fingerprint density at radius 2 is 2.16 bits per heavy atom. The number of oxazole rings is 1. The molecule has 0 aliphatic heterocycles. The van der Waals surface area contributed by atoms with Gasteiger partial charge in [0.1, 0.15) is 5.76 Å². The van der Waals surface area contributed by atoms with Gasteiger partial charge in [0, 0.05) is 0 Å². The van der Waals surface area contributed by atoms with Gasteiger partial charge in [0.15, 0.2) is 0 Å². The first-order chi connectivity index (χ1) is 8.99. The molecular weight excluding hydrogens is 244 g/mol. The lowest BCUT2D eigenvalue weighted by molar-refractivity contribution is 0.100. The van der Waals surface area contributed by atoms with E-state index in [9.17, 15) is 4.79 Å². The van der Waals surface area contributed by atoms with Crippen LogP contribution in [0.1, 0.15) is 27.7 Å². The van der Waals surface area contributed by atoms with Gasteiger partial charge in [0.2, 0.25) is 5.89 Å². The van der Waals surface area contributed by atoms with Gasteiger partial charge in [-0.1, -0.05) is 6.07 Å². The molecule has 0 saturated heterocycles. The van der Waals surface area contributed by atoms with Crippen LogP contribution in [0.25, 0.3) is 0 Å². The van der Waals surface area contributed by atoms with Crippen LogP contribution in [-0.4, -0.2) is 10.9 Å². The first-order valence-electron chi connectivity index (χ1n) is 5.84. The van der Waals surface area contributed by atoms with E-state index in [0.29, 0.717) is 29.4 Å². The second-order valence-electron chi connectivity index (χ2n) is 4.24. The molecule has 6 heteroatoms. The molecular formula is C13H16N4O2. The van der Waals surface area contributed by atoms with E-state index in [0.717, 1.165) is 11.5 Å². The predicted molar refractivity (Wildman–Crippen MR) is 72.7 cm³/mol. The number of carbonyl (C=O) groups excluding carboxylic acids is 1. The minimum atomic E-state index is -0.533. The van der Waals surface area contributed by atoms with Crippen molar-refractivity contribution in [3.05, 3.63) is 41.1 Å². The molecule has 0 spiro atoms. The minimum absolute atomic E-state index is 0.336. The average Bonchev–Trinajstić information content (AvgIpc) is 2.67. The Morgan fingerprint density at radius 1 is 1.42 bits per heavy atom. The number of rotatable bonds is 4. The van der Waals surface area contributed by atoms with Gasteiger partial charge in [-0.05, 0) is 26.0 Å². The summed E-state index contributed by atoms with van der Waals surface area (Å²) in [5.74, 6) is 0.774. The molecule has 0 radical (unpaired) electrons. The van der Waals surface area contributed by atoms with Crippen molar-refractivity contribution in [2.24, 2.45) is 5.73 Å². The average molecular weight is 260 g/mol. The highest BCUT2D eigenvalue weighted by molar-refractivity contribution is 6.01. The van der Waals surface area contributed by atoms with Crippen molar-refractivity contribution in [2.75, 3.05) is 11.1 Å². The van der Waals surface area contributed by atoms with Gasteiger partial charge in [-0.15, -0.1) is 0 Å². The van der Waals surface area contributed by atoms with Crippen molar-refractivity contribution in [3.8, 4) is 0 Å². The number of para-hydroxylation sites is 1. The maximum Gasteiger partial charge on any atom is 0.250 e. The first-order valence-corrected chi connectivity index (χ1v) is 5.84. The second kappa shape index (κ2) is 5.01. The molecule has 5 N–H and O–H groups in total. The molecule has 100 valence electrons. The number of anilines is 2. The van der Waals surface area contributed by atoms with E-state index >= 15 is 0 Å². The second-order valence-corrected chi connectivity index (χ2v) is 4.24. The van der Waals surface area contributed by atoms with Crippen LogP contribution < -0.4 is 16.8 Å². The predicted octanol–water partition coefficient (Wildman–Crippen LogP) is 1.58. The summed E-state index contributed by atoms with van der Waals surface area (Å²) in [6.45, 7) is 4.05. The molecule has 1 aromatic heterocycles. The van der Waals surface area contributed by atoms with Crippen molar-refractivity contribution in [3.63, 3.8) is 0 Å². The summed E-state index contributed by atoms with van der Waals surface area (Å²) in [7, 11) is 0. The molecule has 0 aliphatic rings. The molecule has 19 heavy (non-hydrogen) atoms. The number of aryl methyl sites for hydroxylation is 2. The minimum Gasteiger partial charge on any atom is -0.444 e. The fourth-order valence-electron chi connectivity index (χ4n) is 1.75. The van der Waals surface area contributed by atoms with Crippen molar-refractivity contribution < 1.29 is 9.21 Å². The summed E-state index contributed by atoms with van der Waals surface area (Å²) in [5, 5.41) is 3.04. The molecule has 1 aromatic carbocycles. The van der Waals surface area contributed by atoms with Gasteiger partial charge in [-0.2, -0.15) is 0 Å². The van der Waals surface area contributed by atoms with Crippen LogP contribution in [0.3, 0.4) is 0 Å². The zero-order valence-corrected chi connectivity index (χ0v) is 10.9. The molecule has 0 unspecified atom stereocenters. The monoisotopic (exact) mass is 260 g/mol. The zero-order chi connectivity index (χ0) is 14.0. The van der Waals surface area contributed by atoms with Crippen LogP contribution in [0.5, 0.6) is 0 Å².